The number of carbonyl (C=O) groups is 4. The van der Waals surface area contributed by atoms with Gasteiger partial charge in [-0.15, -0.1) is 6.58 Å². The number of hydrogen-bond acceptors (Lipinski definition) is 4. The molecule has 1 fully saturated rings. The average molecular weight is 283 g/mol. The maximum atomic E-state index is 11.7. The van der Waals surface area contributed by atoms with E-state index in [1.807, 2.05) is 0 Å². The smallest absolute Gasteiger partial charge is 0.326 e. The standard InChI is InChI=1S/C12H17N3O5/c1-3-4-8(11(18)19)14-12(20)13-7-5-6-9(16)15(2)10(7)17/h3,7-8H,1,4-6H2,2H3,(H,18,19)(H2,13,14,20). The van der Waals surface area contributed by atoms with Gasteiger partial charge in [0.2, 0.25) is 5.91 Å². The first-order valence-corrected chi connectivity index (χ1v) is 6.08. The summed E-state index contributed by atoms with van der Waals surface area (Å²) in [6, 6.07) is -2.69. The van der Waals surface area contributed by atoms with Crippen molar-refractivity contribution in [3.05, 3.63) is 12.7 Å². The van der Waals surface area contributed by atoms with Crippen LogP contribution in [-0.2, 0) is 14.4 Å². The molecule has 8 heteroatoms. The van der Waals surface area contributed by atoms with Gasteiger partial charge in [-0.05, 0) is 12.8 Å². The number of nitrogens with one attached hydrogen (secondary N) is 2. The second-order valence-electron chi connectivity index (χ2n) is 4.42. The zero-order valence-electron chi connectivity index (χ0n) is 11.1. The Balaban J connectivity index is 2.57. The van der Waals surface area contributed by atoms with Gasteiger partial charge in [0.25, 0.3) is 5.91 Å². The Kier molecular flexibility index (Phi) is 5.24. The number of imide groups is 1. The van der Waals surface area contributed by atoms with Gasteiger partial charge >= 0.3 is 12.0 Å². The van der Waals surface area contributed by atoms with Crippen molar-refractivity contribution >= 4 is 23.8 Å². The molecule has 8 nitrogen and oxygen atoms in total. The minimum atomic E-state index is -1.19. The second kappa shape index (κ2) is 6.69. The molecule has 0 radical (unpaired) electrons. The maximum absolute atomic E-state index is 11.7. The lowest BCUT2D eigenvalue weighted by molar-refractivity contribution is -0.147. The third kappa shape index (κ3) is 3.81. The van der Waals surface area contributed by atoms with E-state index < -0.39 is 30.0 Å². The molecule has 1 aliphatic heterocycles. The van der Waals surface area contributed by atoms with Crippen molar-refractivity contribution in [3.63, 3.8) is 0 Å². The molecule has 0 spiro atoms. The maximum Gasteiger partial charge on any atom is 0.326 e. The first-order chi connectivity index (χ1) is 9.36. The van der Waals surface area contributed by atoms with Gasteiger partial charge in [-0.25, -0.2) is 9.59 Å². The topological polar surface area (TPSA) is 116 Å². The third-order valence-corrected chi connectivity index (χ3v) is 2.96. The van der Waals surface area contributed by atoms with Crippen LogP contribution in [0.3, 0.4) is 0 Å². The van der Waals surface area contributed by atoms with E-state index in [-0.39, 0.29) is 25.2 Å². The number of carboxylic acid groups (broad SMARTS) is 1. The molecule has 3 N–H and O–H groups in total. The van der Waals surface area contributed by atoms with E-state index in [0.717, 1.165) is 4.90 Å². The van der Waals surface area contributed by atoms with Crippen LogP contribution in [0.5, 0.6) is 0 Å². The van der Waals surface area contributed by atoms with Crippen molar-refractivity contribution in [3.8, 4) is 0 Å². The van der Waals surface area contributed by atoms with Gasteiger partial charge in [0, 0.05) is 13.5 Å². The summed E-state index contributed by atoms with van der Waals surface area (Å²) in [4.78, 5) is 46.5. The van der Waals surface area contributed by atoms with Gasteiger partial charge in [0.05, 0.1) is 0 Å². The molecule has 0 aromatic carbocycles. The Labute approximate surface area is 115 Å². The van der Waals surface area contributed by atoms with Gasteiger partial charge in [-0.3, -0.25) is 14.5 Å². The minimum Gasteiger partial charge on any atom is -0.480 e. The molecule has 0 saturated carbocycles. The molecule has 0 bridgehead atoms. The third-order valence-electron chi connectivity index (χ3n) is 2.96. The molecule has 1 heterocycles. The Morgan fingerprint density at radius 3 is 2.75 bits per heavy atom. The molecule has 2 unspecified atom stereocenters. The van der Waals surface area contributed by atoms with E-state index in [9.17, 15) is 19.2 Å². The molecule has 0 aromatic heterocycles. The Morgan fingerprint density at radius 2 is 2.20 bits per heavy atom. The van der Waals surface area contributed by atoms with Crippen molar-refractivity contribution in [1.82, 2.24) is 15.5 Å². The summed E-state index contributed by atoms with van der Waals surface area (Å²) in [5, 5.41) is 13.5. The zero-order valence-corrected chi connectivity index (χ0v) is 11.1. The lowest BCUT2D eigenvalue weighted by Crippen LogP contribution is -2.56. The highest BCUT2D eigenvalue weighted by Gasteiger charge is 2.33. The van der Waals surface area contributed by atoms with Crippen LogP contribution in [0.4, 0.5) is 4.79 Å². The number of amides is 4. The number of hydrogen-bond donors (Lipinski definition) is 3. The van der Waals surface area contributed by atoms with Crippen molar-refractivity contribution in [2.75, 3.05) is 7.05 Å². The van der Waals surface area contributed by atoms with Gasteiger partial charge in [-0.2, -0.15) is 0 Å². The predicted octanol–water partition coefficient (Wildman–Crippen LogP) is -0.538. The van der Waals surface area contributed by atoms with Gasteiger partial charge in [-0.1, -0.05) is 6.08 Å². The van der Waals surface area contributed by atoms with E-state index in [1.165, 1.54) is 13.1 Å². The normalized spacial score (nSPS) is 20.2. The molecule has 2 atom stereocenters. The number of rotatable bonds is 5. The highest BCUT2D eigenvalue weighted by Crippen LogP contribution is 2.11. The summed E-state index contributed by atoms with van der Waals surface area (Å²) in [6.07, 6.45) is 1.80. The van der Waals surface area contributed by atoms with Crippen LogP contribution in [0.15, 0.2) is 12.7 Å². The number of piperidine rings is 1. The van der Waals surface area contributed by atoms with Gasteiger partial charge in [0.1, 0.15) is 12.1 Å². The number of nitrogens with zero attached hydrogens (tertiary/aromatic N) is 1. The molecule has 1 rings (SSSR count). The van der Waals surface area contributed by atoms with Crippen LogP contribution in [-0.4, -0.2) is 53.0 Å². The van der Waals surface area contributed by atoms with Crippen molar-refractivity contribution in [1.29, 1.82) is 0 Å². The molecule has 110 valence electrons. The summed E-state index contributed by atoms with van der Waals surface area (Å²) in [7, 11) is 1.34. The van der Waals surface area contributed by atoms with Crippen molar-refractivity contribution in [2.24, 2.45) is 0 Å². The number of carboxylic acids is 1. The quantitative estimate of drug-likeness (QED) is 0.463. The fourth-order valence-electron chi connectivity index (χ4n) is 1.80. The van der Waals surface area contributed by atoms with Crippen molar-refractivity contribution < 1.29 is 24.3 Å². The van der Waals surface area contributed by atoms with E-state index >= 15 is 0 Å². The largest absolute Gasteiger partial charge is 0.480 e. The molecular weight excluding hydrogens is 266 g/mol. The van der Waals surface area contributed by atoms with Crippen LogP contribution in [0, 0.1) is 0 Å². The summed E-state index contributed by atoms with van der Waals surface area (Å²) in [5.41, 5.74) is 0. The first-order valence-electron chi connectivity index (χ1n) is 6.08. The van der Waals surface area contributed by atoms with E-state index in [0.29, 0.717) is 0 Å². The molecule has 4 amide bonds. The van der Waals surface area contributed by atoms with Crippen LogP contribution >= 0.6 is 0 Å². The fourth-order valence-corrected chi connectivity index (χ4v) is 1.80. The minimum absolute atomic E-state index is 0.0692. The lowest BCUT2D eigenvalue weighted by Gasteiger charge is -2.28. The molecule has 1 aliphatic rings. The fraction of sp³-hybridized carbons (Fsp3) is 0.500. The monoisotopic (exact) mass is 283 g/mol. The summed E-state index contributed by atoms with van der Waals surface area (Å²) < 4.78 is 0. The lowest BCUT2D eigenvalue weighted by atomic mass is 10.1. The summed E-state index contributed by atoms with van der Waals surface area (Å²) in [5.74, 6) is -2.00. The Morgan fingerprint density at radius 1 is 1.55 bits per heavy atom. The Bertz CT molecular complexity index is 448. The SMILES string of the molecule is C=CCC(NC(=O)NC1CCC(=O)N(C)C1=O)C(=O)O. The van der Waals surface area contributed by atoms with Crippen molar-refractivity contribution in [2.45, 2.75) is 31.3 Å². The summed E-state index contributed by atoms with van der Waals surface area (Å²) >= 11 is 0. The molecule has 0 aromatic rings. The molecule has 1 saturated heterocycles. The second-order valence-corrected chi connectivity index (χ2v) is 4.42. The highest BCUT2D eigenvalue weighted by atomic mass is 16.4. The average Bonchev–Trinajstić information content (AvgIpc) is 2.39. The number of likely N-dealkylation sites (tertiary alicyclic amines) is 1. The van der Waals surface area contributed by atoms with E-state index in [2.05, 4.69) is 17.2 Å². The highest BCUT2D eigenvalue weighted by molar-refractivity contribution is 6.01. The predicted molar refractivity (Wildman–Crippen MR) is 68.7 cm³/mol. The number of urea groups is 1. The summed E-state index contributed by atoms with van der Waals surface area (Å²) in [6.45, 7) is 3.40. The molecule has 0 aliphatic carbocycles. The zero-order chi connectivity index (χ0) is 15.3. The van der Waals surface area contributed by atoms with E-state index in [4.69, 9.17) is 5.11 Å². The van der Waals surface area contributed by atoms with E-state index in [1.54, 1.807) is 0 Å². The number of likely N-dealkylation sites (N-methyl/N-ethyl adjacent to an activating group) is 1. The van der Waals surface area contributed by atoms with Gasteiger partial charge < -0.3 is 15.7 Å². The number of carbonyl (C=O) groups excluding carboxylic acids is 3. The van der Waals surface area contributed by atoms with Crippen LogP contribution < -0.4 is 10.6 Å². The van der Waals surface area contributed by atoms with Crippen LogP contribution in [0.25, 0.3) is 0 Å². The molecular formula is C12H17N3O5. The van der Waals surface area contributed by atoms with Crippen LogP contribution in [0.1, 0.15) is 19.3 Å². The Hall–Kier alpha value is -2.38. The first kappa shape index (κ1) is 15.7. The van der Waals surface area contributed by atoms with Crippen LogP contribution in [0.2, 0.25) is 0 Å². The van der Waals surface area contributed by atoms with Gasteiger partial charge in [0.15, 0.2) is 0 Å². The number of aliphatic carboxylic acids is 1. The molecule has 20 heavy (non-hydrogen) atoms.